The van der Waals surface area contributed by atoms with Gasteiger partial charge in [-0.25, -0.2) is 0 Å². The van der Waals surface area contributed by atoms with Crippen molar-refractivity contribution in [2.75, 3.05) is 12.3 Å². The van der Waals surface area contributed by atoms with Crippen LogP contribution in [0.4, 0.5) is 0 Å². The molecule has 0 saturated heterocycles. The van der Waals surface area contributed by atoms with Gasteiger partial charge in [-0.1, -0.05) is 86.4 Å². The summed E-state index contributed by atoms with van der Waals surface area (Å²) in [5.41, 5.74) is 0. The van der Waals surface area contributed by atoms with Crippen LogP contribution in [0.2, 0.25) is 0 Å². The van der Waals surface area contributed by atoms with Crippen LogP contribution in [-0.4, -0.2) is 22.6 Å². The summed E-state index contributed by atoms with van der Waals surface area (Å²) in [6, 6.07) is 0. The highest BCUT2D eigenvalue weighted by Gasteiger charge is 2.19. The molecule has 0 fully saturated rings. The standard InChI is InChI=1S/2C6H14BrP/c2*1-5-8(7)6(2,3)4/h2*5H2,1-4H3. The maximum atomic E-state index is 3.66. The highest BCUT2D eigenvalue weighted by molar-refractivity contribution is 9.39. The molecule has 2 unspecified atom stereocenters. The molecule has 0 aromatic carbocycles. The first kappa shape index (κ1) is 20.1. The average molecular weight is 394 g/mol. The zero-order valence-electron chi connectivity index (χ0n) is 12.1. The summed E-state index contributed by atoms with van der Waals surface area (Å²) in [6.07, 6.45) is 2.55. The van der Waals surface area contributed by atoms with Crippen LogP contribution in [0.25, 0.3) is 0 Å². The number of hydrogen-bond donors (Lipinski definition) is 0. The molecule has 4 heteroatoms. The van der Waals surface area contributed by atoms with E-state index in [2.05, 4.69) is 86.4 Å². The Balaban J connectivity index is 0. The summed E-state index contributed by atoms with van der Waals surface area (Å²) in [4.78, 5) is 0. The molecular weight excluding hydrogens is 366 g/mol. The van der Waals surface area contributed by atoms with Gasteiger partial charge in [-0.05, 0) is 35.9 Å². The Labute approximate surface area is 122 Å². The predicted molar refractivity (Wildman–Crippen MR) is 92.3 cm³/mol. The lowest BCUT2D eigenvalue weighted by atomic mass is 10.3. The van der Waals surface area contributed by atoms with E-state index >= 15 is 0 Å². The van der Waals surface area contributed by atoms with Gasteiger partial charge in [0.2, 0.25) is 0 Å². The van der Waals surface area contributed by atoms with Gasteiger partial charge in [0, 0.05) is 0 Å². The van der Waals surface area contributed by atoms with Gasteiger partial charge in [0.25, 0.3) is 0 Å². The lowest BCUT2D eigenvalue weighted by Crippen LogP contribution is -2.08. The summed E-state index contributed by atoms with van der Waals surface area (Å²) in [5.74, 6) is 0. The average Bonchev–Trinajstić information content (AvgIpc) is 2.13. The van der Waals surface area contributed by atoms with Gasteiger partial charge >= 0.3 is 0 Å². The molecule has 0 radical (unpaired) electrons. The van der Waals surface area contributed by atoms with Gasteiger partial charge in [-0.2, -0.15) is 0 Å². The quantitative estimate of drug-likeness (QED) is 0.435. The zero-order chi connectivity index (χ0) is 13.6. The van der Waals surface area contributed by atoms with Crippen molar-refractivity contribution in [3.8, 4) is 0 Å². The monoisotopic (exact) mass is 392 g/mol. The third kappa shape index (κ3) is 10.9. The molecule has 0 amide bonds. The Hall–Kier alpha value is 1.82. The van der Waals surface area contributed by atoms with E-state index in [1.54, 1.807) is 0 Å². The van der Waals surface area contributed by atoms with Crippen molar-refractivity contribution < 1.29 is 0 Å². The SMILES string of the molecule is CCP(Br)C(C)(C)C.CCP(Br)C(C)(C)C. The third-order valence-corrected chi connectivity index (χ3v) is 15.4. The minimum absolute atomic E-state index is 0.0931. The van der Waals surface area contributed by atoms with E-state index in [0.29, 0.717) is 10.3 Å². The fourth-order valence-corrected chi connectivity index (χ4v) is 2.85. The lowest BCUT2D eigenvalue weighted by Gasteiger charge is -2.23. The summed E-state index contributed by atoms with van der Waals surface area (Å²) in [6.45, 7) is 18.3. The van der Waals surface area contributed by atoms with Crippen molar-refractivity contribution in [2.24, 2.45) is 0 Å². The van der Waals surface area contributed by atoms with Crippen molar-refractivity contribution in [3.05, 3.63) is 0 Å². The maximum absolute atomic E-state index is 3.66. The lowest BCUT2D eigenvalue weighted by molar-refractivity contribution is 0.791. The van der Waals surface area contributed by atoms with Gasteiger partial charge < -0.3 is 0 Å². The Morgan fingerprint density at radius 3 is 0.875 bits per heavy atom. The summed E-state index contributed by atoms with van der Waals surface area (Å²) in [7, 11) is 0. The fourth-order valence-electron chi connectivity index (χ4n) is 0.949. The molecule has 16 heavy (non-hydrogen) atoms. The largest absolute Gasteiger partial charge is 0.0606 e. The molecule has 0 aromatic heterocycles. The first-order chi connectivity index (χ1) is 6.96. The molecule has 0 aliphatic carbocycles. The Kier molecular flexibility index (Phi) is 11.1. The van der Waals surface area contributed by atoms with Crippen molar-refractivity contribution in [1.82, 2.24) is 0 Å². The summed E-state index contributed by atoms with van der Waals surface area (Å²) >= 11 is 7.32. The Bertz CT molecular complexity index is 151. The van der Waals surface area contributed by atoms with Crippen LogP contribution in [0, 0.1) is 0 Å². The second-order valence-corrected chi connectivity index (χ2v) is 16.2. The van der Waals surface area contributed by atoms with Gasteiger partial charge in [0.1, 0.15) is 0 Å². The van der Waals surface area contributed by atoms with Gasteiger partial charge in [-0.3, -0.25) is 0 Å². The van der Waals surface area contributed by atoms with Crippen LogP contribution in [0.1, 0.15) is 55.4 Å². The van der Waals surface area contributed by atoms with E-state index in [9.17, 15) is 0 Å². The first-order valence-corrected chi connectivity index (χ1v) is 12.9. The highest BCUT2D eigenvalue weighted by atomic mass is 79.9. The number of halogens is 2. The van der Waals surface area contributed by atoms with E-state index in [1.165, 1.54) is 12.3 Å². The molecular formula is C12H28Br2P2. The molecule has 0 aliphatic rings. The van der Waals surface area contributed by atoms with Gasteiger partial charge in [0.05, 0.1) is 0 Å². The molecule has 0 spiro atoms. The maximum Gasteiger partial charge on any atom is -0.00814 e. The van der Waals surface area contributed by atoms with E-state index in [0.717, 1.165) is 0 Å². The highest BCUT2D eigenvalue weighted by Crippen LogP contribution is 2.55. The third-order valence-electron chi connectivity index (χ3n) is 2.01. The van der Waals surface area contributed by atoms with Crippen molar-refractivity contribution in [1.29, 1.82) is 0 Å². The van der Waals surface area contributed by atoms with Gasteiger partial charge in [0.15, 0.2) is 0 Å². The van der Waals surface area contributed by atoms with Crippen LogP contribution >= 0.6 is 44.2 Å². The molecule has 0 aliphatic heterocycles. The van der Waals surface area contributed by atoms with E-state index in [4.69, 9.17) is 0 Å². The zero-order valence-corrected chi connectivity index (χ0v) is 17.0. The molecule has 0 nitrogen and oxygen atoms in total. The first-order valence-electron chi connectivity index (χ1n) is 5.83. The molecule has 0 heterocycles. The smallest absolute Gasteiger partial charge is 0.00814 e. The van der Waals surface area contributed by atoms with Crippen molar-refractivity contribution in [2.45, 2.75) is 65.7 Å². The Morgan fingerprint density at radius 2 is 0.875 bits per heavy atom. The molecule has 0 bridgehead atoms. The topological polar surface area (TPSA) is 0 Å². The second-order valence-electron chi connectivity index (χ2n) is 5.70. The number of hydrogen-bond acceptors (Lipinski definition) is 0. The molecule has 0 aromatic rings. The normalized spacial score (nSPS) is 16.1. The van der Waals surface area contributed by atoms with Crippen LogP contribution in [0.5, 0.6) is 0 Å². The van der Waals surface area contributed by atoms with Crippen LogP contribution in [0.15, 0.2) is 0 Å². The molecule has 2 atom stereocenters. The second kappa shape index (κ2) is 8.84. The molecule has 100 valence electrons. The van der Waals surface area contributed by atoms with Crippen molar-refractivity contribution in [3.63, 3.8) is 0 Å². The van der Waals surface area contributed by atoms with E-state index in [1.807, 2.05) is 0 Å². The fraction of sp³-hybridized carbons (Fsp3) is 1.00. The van der Waals surface area contributed by atoms with Gasteiger partial charge in [-0.15, -0.1) is 0 Å². The molecule has 0 N–H and O–H groups in total. The Morgan fingerprint density at radius 1 is 0.688 bits per heavy atom. The van der Waals surface area contributed by atoms with Crippen LogP contribution in [0.3, 0.4) is 0 Å². The molecule has 0 saturated carbocycles. The number of rotatable bonds is 2. The van der Waals surface area contributed by atoms with Crippen LogP contribution < -0.4 is 0 Å². The van der Waals surface area contributed by atoms with Crippen molar-refractivity contribution >= 4 is 44.2 Å². The minimum atomic E-state index is 0.0931. The predicted octanol–water partition coefficient (Wildman–Crippen LogP) is 7.19. The van der Waals surface area contributed by atoms with Crippen LogP contribution in [-0.2, 0) is 0 Å². The summed E-state index contributed by atoms with van der Waals surface area (Å²) < 4.78 is 0. The minimum Gasteiger partial charge on any atom is -0.0606 e. The van der Waals surface area contributed by atoms with E-state index < -0.39 is 0 Å². The molecule has 0 rings (SSSR count). The van der Waals surface area contributed by atoms with E-state index in [-0.39, 0.29) is 13.2 Å². The summed E-state index contributed by atoms with van der Waals surface area (Å²) in [5, 5.41) is 0.980.